The Hall–Kier alpha value is -3.23. The summed E-state index contributed by atoms with van der Waals surface area (Å²) in [6.07, 6.45) is 3.48. The highest BCUT2D eigenvalue weighted by molar-refractivity contribution is 7.90. The lowest BCUT2D eigenvalue weighted by molar-refractivity contribution is 0.0703. The highest BCUT2D eigenvalue weighted by Crippen LogP contribution is 2.46. The van der Waals surface area contributed by atoms with Crippen molar-refractivity contribution in [3.05, 3.63) is 101 Å². The fourth-order valence-corrected chi connectivity index (χ4v) is 5.83. The number of benzene rings is 3. The lowest BCUT2D eigenvalue weighted by atomic mass is 9.94. The molecular weight excluding hydrogens is 515 g/mol. The van der Waals surface area contributed by atoms with Gasteiger partial charge in [0, 0.05) is 14.0 Å². The lowest BCUT2D eigenvalue weighted by Gasteiger charge is -2.39. The van der Waals surface area contributed by atoms with Crippen LogP contribution in [0.2, 0.25) is 0 Å². The van der Waals surface area contributed by atoms with E-state index >= 15 is 4.39 Å². The van der Waals surface area contributed by atoms with Gasteiger partial charge in [0.05, 0.1) is 16.9 Å². The zero-order chi connectivity index (χ0) is 27.6. The summed E-state index contributed by atoms with van der Waals surface area (Å²) in [4.78, 5) is 15.1. The van der Waals surface area contributed by atoms with Crippen LogP contribution in [-0.2, 0) is 10.0 Å². The molecule has 1 saturated carbocycles. The van der Waals surface area contributed by atoms with Crippen LogP contribution in [0.25, 0.3) is 0 Å². The summed E-state index contributed by atoms with van der Waals surface area (Å²) in [6, 6.07) is 23.6. The van der Waals surface area contributed by atoms with E-state index in [0.29, 0.717) is 12.3 Å². The van der Waals surface area contributed by atoms with Gasteiger partial charge in [0.15, 0.2) is 0 Å². The molecule has 1 unspecified atom stereocenters. The standard InChI is InChI=1S/C31H35FN2O4S.H2/c1-21(2)39(36,37)33-31(35)27-18-26(22-15-16-22)29(19-28(27)32)38-25-14-9-17-34(20-25)30(23-10-5-3-6-11-23)24-12-7-4-8-13-24;/h3-8,10-13,18-19,21-22,25,30H,9,14-17,20H2,1-2H3,(H,33,35);1H. The van der Waals surface area contributed by atoms with Crippen LogP contribution in [-0.4, -0.2) is 43.7 Å². The number of hydrogen-bond donors (Lipinski definition) is 1. The molecule has 1 amide bonds. The van der Waals surface area contributed by atoms with Crippen molar-refractivity contribution >= 4 is 15.9 Å². The Morgan fingerprint density at radius 2 is 1.62 bits per heavy atom. The molecule has 1 N–H and O–H groups in total. The molecule has 2 fully saturated rings. The molecule has 6 nitrogen and oxygen atoms in total. The second-order valence-electron chi connectivity index (χ2n) is 10.8. The van der Waals surface area contributed by atoms with Crippen LogP contribution in [0.1, 0.15) is 80.0 Å². The predicted molar refractivity (Wildman–Crippen MR) is 152 cm³/mol. The highest BCUT2D eigenvalue weighted by Gasteiger charge is 2.33. The Bertz CT molecular complexity index is 1380. The van der Waals surface area contributed by atoms with Crippen molar-refractivity contribution in [1.29, 1.82) is 0 Å². The van der Waals surface area contributed by atoms with Gasteiger partial charge in [-0.3, -0.25) is 9.69 Å². The van der Waals surface area contributed by atoms with E-state index in [1.165, 1.54) is 37.1 Å². The molecule has 1 saturated heterocycles. The molecule has 1 aliphatic heterocycles. The molecule has 5 rings (SSSR count). The fraction of sp³-hybridized carbons (Fsp3) is 0.387. The highest BCUT2D eigenvalue weighted by atomic mass is 32.2. The first-order chi connectivity index (χ1) is 18.7. The minimum atomic E-state index is -3.88. The monoisotopic (exact) mass is 552 g/mol. The van der Waals surface area contributed by atoms with Gasteiger partial charge in [0.2, 0.25) is 10.0 Å². The van der Waals surface area contributed by atoms with Gasteiger partial charge < -0.3 is 4.74 Å². The van der Waals surface area contributed by atoms with E-state index in [-0.39, 0.29) is 25.1 Å². The molecule has 0 bridgehead atoms. The summed E-state index contributed by atoms with van der Waals surface area (Å²) >= 11 is 0. The van der Waals surface area contributed by atoms with Crippen LogP contribution in [0.5, 0.6) is 5.75 Å². The van der Waals surface area contributed by atoms with Gasteiger partial charge in [0.1, 0.15) is 17.7 Å². The molecule has 8 heteroatoms. The average molecular weight is 553 g/mol. The number of piperidine rings is 1. The fourth-order valence-electron chi connectivity index (χ4n) is 5.22. The molecule has 208 valence electrons. The Balaban J connectivity index is 0.00000370. The van der Waals surface area contributed by atoms with E-state index in [0.717, 1.165) is 37.8 Å². The van der Waals surface area contributed by atoms with Crippen molar-refractivity contribution < 1.29 is 23.8 Å². The van der Waals surface area contributed by atoms with Crippen molar-refractivity contribution in [3.8, 4) is 5.75 Å². The van der Waals surface area contributed by atoms with E-state index in [1.54, 1.807) is 0 Å². The Morgan fingerprint density at radius 3 is 2.18 bits per heavy atom. The number of carbonyl (C=O) groups excluding carboxylic acids is 1. The summed E-state index contributed by atoms with van der Waals surface area (Å²) in [7, 11) is -3.88. The van der Waals surface area contributed by atoms with Crippen LogP contribution in [0, 0.1) is 5.82 Å². The molecular formula is C31H37FN2O4S. The van der Waals surface area contributed by atoms with Crippen molar-refractivity contribution in [2.24, 2.45) is 0 Å². The number of ether oxygens (including phenoxy) is 1. The number of sulfonamides is 1. The van der Waals surface area contributed by atoms with Gasteiger partial charge in [-0.2, -0.15) is 0 Å². The van der Waals surface area contributed by atoms with Crippen molar-refractivity contribution in [1.82, 2.24) is 9.62 Å². The van der Waals surface area contributed by atoms with Gasteiger partial charge in [-0.05, 0) is 74.8 Å². The van der Waals surface area contributed by atoms with Gasteiger partial charge >= 0.3 is 0 Å². The summed E-state index contributed by atoms with van der Waals surface area (Å²) in [5.74, 6) is -1.12. The second-order valence-corrected chi connectivity index (χ2v) is 13.0. The van der Waals surface area contributed by atoms with Crippen LogP contribution < -0.4 is 9.46 Å². The molecule has 39 heavy (non-hydrogen) atoms. The Labute approximate surface area is 231 Å². The Kier molecular flexibility index (Phi) is 8.05. The zero-order valence-corrected chi connectivity index (χ0v) is 23.2. The van der Waals surface area contributed by atoms with E-state index in [9.17, 15) is 13.2 Å². The Morgan fingerprint density at radius 1 is 1.00 bits per heavy atom. The number of nitrogens with one attached hydrogen (secondary N) is 1. The third kappa shape index (κ3) is 6.34. The number of nitrogens with zero attached hydrogens (tertiary/aromatic N) is 1. The van der Waals surface area contributed by atoms with Crippen LogP contribution in [0.15, 0.2) is 72.8 Å². The minimum Gasteiger partial charge on any atom is -0.489 e. The van der Waals surface area contributed by atoms with Crippen molar-refractivity contribution in [2.45, 2.75) is 62.8 Å². The molecule has 0 radical (unpaired) electrons. The number of halogens is 1. The molecule has 1 atom stereocenters. The number of likely N-dealkylation sites (tertiary alicyclic amines) is 1. The second kappa shape index (κ2) is 11.5. The third-order valence-corrected chi connectivity index (χ3v) is 9.23. The first kappa shape index (κ1) is 27.3. The summed E-state index contributed by atoms with van der Waals surface area (Å²) < 4.78 is 48.0. The molecule has 1 heterocycles. The maximum atomic E-state index is 15.2. The quantitative estimate of drug-likeness (QED) is 0.350. The number of carbonyl (C=O) groups is 1. The largest absolute Gasteiger partial charge is 0.489 e. The number of rotatable bonds is 9. The van der Waals surface area contributed by atoms with Crippen LogP contribution in [0.4, 0.5) is 4.39 Å². The average Bonchev–Trinajstić information content (AvgIpc) is 3.76. The first-order valence-electron chi connectivity index (χ1n) is 13.6. The van der Waals surface area contributed by atoms with Gasteiger partial charge in [-0.25, -0.2) is 17.5 Å². The van der Waals surface area contributed by atoms with E-state index < -0.39 is 27.0 Å². The first-order valence-corrected chi connectivity index (χ1v) is 15.2. The predicted octanol–water partition coefficient (Wildman–Crippen LogP) is 6.05. The third-order valence-electron chi connectivity index (χ3n) is 7.52. The summed E-state index contributed by atoms with van der Waals surface area (Å²) in [5.41, 5.74) is 2.91. The molecule has 3 aromatic rings. The number of hydrogen-bond acceptors (Lipinski definition) is 5. The topological polar surface area (TPSA) is 75.7 Å². The van der Waals surface area contributed by atoms with Crippen molar-refractivity contribution in [2.75, 3.05) is 13.1 Å². The molecule has 2 aliphatic rings. The van der Waals surface area contributed by atoms with Gasteiger partial charge in [-0.15, -0.1) is 0 Å². The van der Waals surface area contributed by atoms with E-state index in [4.69, 9.17) is 4.74 Å². The van der Waals surface area contributed by atoms with E-state index in [2.05, 4.69) is 53.4 Å². The van der Waals surface area contributed by atoms with Crippen molar-refractivity contribution in [3.63, 3.8) is 0 Å². The van der Waals surface area contributed by atoms with E-state index in [1.807, 2.05) is 16.9 Å². The van der Waals surface area contributed by atoms with Gasteiger partial charge in [-0.1, -0.05) is 60.7 Å². The summed E-state index contributed by atoms with van der Waals surface area (Å²) in [5, 5.41) is -0.806. The molecule has 0 spiro atoms. The molecule has 0 aromatic heterocycles. The minimum absolute atomic E-state index is 0. The lowest BCUT2D eigenvalue weighted by Crippen LogP contribution is -2.43. The maximum Gasteiger partial charge on any atom is 0.267 e. The summed E-state index contributed by atoms with van der Waals surface area (Å²) in [6.45, 7) is 4.52. The zero-order valence-electron chi connectivity index (χ0n) is 22.3. The number of amides is 1. The maximum absolute atomic E-state index is 15.2. The van der Waals surface area contributed by atoms with Crippen LogP contribution >= 0.6 is 0 Å². The smallest absolute Gasteiger partial charge is 0.267 e. The SMILES string of the molecule is CC(C)S(=O)(=O)NC(=O)c1cc(C2CC2)c(OC2CCCN(C(c3ccccc3)c3ccccc3)C2)cc1F.[HH]. The molecule has 3 aromatic carbocycles. The molecule has 1 aliphatic carbocycles. The van der Waals surface area contributed by atoms with Gasteiger partial charge in [0.25, 0.3) is 5.91 Å². The van der Waals surface area contributed by atoms with Crippen LogP contribution in [0.3, 0.4) is 0 Å². The normalized spacial score (nSPS) is 18.3.